The van der Waals surface area contributed by atoms with E-state index < -0.39 is 0 Å². The van der Waals surface area contributed by atoms with Gasteiger partial charge in [0.15, 0.2) is 0 Å². The summed E-state index contributed by atoms with van der Waals surface area (Å²) in [5.74, 6) is 0.332. The normalized spacial score (nSPS) is 10.8. The van der Waals surface area contributed by atoms with E-state index in [9.17, 15) is 4.79 Å². The molecular weight excluding hydrogens is 328 g/mol. The predicted octanol–water partition coefficient (Wildman–Crippen LogP) is 3.11. The van der Waals surface area contributed by atoms with Gasteiger partial charge in [-0.3, -0.25) is 10.1 Å². The van der Waals surface area contributed by atoms with Crippen molar-refractivity contribution in [1.82, 2.24) is 15.2 Å². The first-order valence-corrected chi connectivity index (χ1v) is 8.72. The third-order valence-electron chi connectivity index (χ3n) is 3.54. The van der Waals surface area contributed by atoms with Crippen LogP contribution in [0.2, 0.25) is 0 Å². The highest BCUT2D eigenvalue weighted by atomic mass is 32.1. The van der Waals surface area contributed by atoms with Gasteiger partial charge in [-0.1, -0.05) is 25.2 Å². The van der Waals surface area contributed by atoms with Gasteiger partial charge in [0.1, 0.15) is 17.2 Å². The molecule has 0 bridgehead atoms. The molecule has 130 valence electrons. The van der Waals surface area contributed by atoms with E-state index in [1.165, 1.54) is 11.3 Å². The number of methoxy groups -OCH3 is 1. The maximum absolute atomic E-state index is 12.5. The van der Waals surface area contributed by atoms with Crippen LogP contribution in [0.3, 0.4) is 0 Å². The Morgan fingerprint density at radius 3 is 2.79 bits per heavy atom. The summed E-state index contributed by atoms with van der Waals surface area (Å²) in [6, 6.07) is 3.35. The van der Waals surface area contributed by atoms with Crippen molar-refractivity contribution in [3.63, 3.8) is 0 Å². The van der Waals surface area contributed by atoms with Gasteiger partial charge in [-0.05, 0) is 25.0 Å². The summed E-state index contributed by atoms with van der Waals surface area (Å²) >= 11 is 1.41. The van der Waals surface area contributed by atoms with E-state index in [0.29, 0.717) is 29.8 Å². The number of hydrogen-bond donors (Lipinski definition) is 1. The summed E-state index contributed by atoms with van der Waals surface area (Å²) in [7, 11) is 1.59. The van der Waals surface area contributed by atoms with Gasteiger partial charge in [0.2, 0.25) is 11.0 Å². The molecule has 1 amide bonds. The Morgan fingerprint density at radius 1 is 1.29 bits per heavy atom. The molecule has 2 aromatic heterocycles. The Labute approximate surface area is 145 Å². The Kier molecular flexibility index (Phi) is 7.07. The van der Waals surface area contributed by atoms with E-state index >= 15 is 0 Å². The topological polar surface area (TPSA) is 86.2 Å². The lowest BCUT2D eigenvalue weighted by atomic mass is 10.1. The summed E-state index contributed by atoms with van der Waals surface area (Å²) < 4.78 is 10.4. The number of carbonyl (C=O) groups is 1. The van der Waals surface area contributed by atoms with Crippen molar-refractivity contribution in [1.29, 1.82) is 0 Å². The smallest absolute Gasteiger partial charge is 0.262 e. The molecule has 0 atom stereocenters. The summed E-state index contributed by atoms with van der Waals surface area (Å²) in [4.78, 5) is 16.6. The average Bonchev–Trinajstić information content (AvgIpc) is 3.05. The first-order chi connectivity index (χ1) is 11.7. The first-order valence-electron chi connectivity index (χ1n) is 7.91. The number of amides is 1. The van der Waals surface area contributed by atoms with E-state index in [4.69, 9.17) is 9.47 Å². The number of carbonyl (C=O) groups excluding carboxylic acids is 1. The molecule has 24 heavy (non-hydrogen) atoms. The Balaban J connectivity index is 2.07. The number of anilines is 1. The van der Waals surface area contributed by atoms with Crippen molar-refractivity contribution in [2.24, 2.45) is 0 Å². The molecule has 2 heterocycles. The van der Waals surface area contributed by atoms with Gasteiger partial charge < -0.3 is 9.47 Å². The van der Waals surface area contributed by atoms with Gasteiger partial charge in [-0.15, -0.1) is 10.2 Å². The maximum atomic E-state index is 12.5. The second kappa shape index (κ2) is 9.29. The molecule has 0 saturated carbocycles. The largest absolute Gasteiger partial charge is 0.475 e. The quantitative estimate of drug-likeness (QED) is 0.699. The zero-order valence-electron chi connectivity index (χ0n) is 14.1. The highest BCUT2D eigenvalue weighted by molar-refractivity contribution is 7.15. The van der Waals surface area contributed by atoms with E-state index in [-0.39, 0.29) is 11.8 Å². The SMILES string of the molecule is CCC(CC)c1nnc(NC(=O)c2cccnc2OCCOC)s1. The Hall–Kier alpha value is -2.06. The van der Waals surface area contributed by atoms with E-state index in [1.54, 1.807) is 25.4 Å². The van der Waals surface area contributed by atoms with Crippen molar-refractivity contribution in [2.45, 2.75) is 32.6 Å². The Morgan fingerprint density at radius 2 is 2.08 bits per heavy atom. The van der Waals surface area contributed by atoms with Gasteiger partial charge in [0.05, 0.1) is 6.61 Å². The Bertz CT molecular complexity index is 658. The van der Waals surface area contributed by atoms with Crippen LogP contribution in [-0.4, -0.2) is 41.4 Å². The lowest BCUT2D eigenvalue weighted by Gasteiger charge is -2.09. The predicted molar refractivity (Wildman–Crippen MR) is 92.8 cm³/mol. The third-order valence-corrected chi connectivity index (χ3v) is 4.54. The van der Waals surface area contributed by atoms with Gasteiger partial charge in [-0.25, -0.2) is 4.98 Å². The van der Waals surface area contributed by atoms with E-state index in [0.717, 1.165) is 17.8 Å². The monoisotopic (exact) mass is 350 g/mol. The fraction of sp³-hybridized carbons (Fsp3) is 0.500. The minimum absolute atomic E-state index is 0.275. The van der Waals surface area contributed by atoms with Gasteiger partial charge in [0, 0.05) is 19.2 Å². The fourth-order valence-corrected chi connectivity index (χ4v) is 3.16. The molecule has 0 aromatic carbocycles. The van der Waals surface area contributed by atoms with Crippen molar-refractivity contribution >= 4 is 22.4 Å². The lowest BCUT2D eigenvalue weighted by molar-refractivity contribution is 0.101. The molecule has 0 radical (unpaired) electrons. The first kappa shape index (κ1) is 18.3. The lowest BCUT2D eigenvalue weighted by Crippen LogP contribution is -2.15. The van der Waals surface area contributed by atoms with Crippen LogP contribution >= 0.6 is 11.3 Å². The molecule has 1 N–H and O–H groups in total. The molecule has 0 spiro atoms. The summed E-state index contributed by atoms with van der Waals surface area (Å²) in [5, 5.41) is 12.4. The molecule has 8 heteroatoms. The van der Waals surface area contributed by atoms with Crippen molar-refractivity contribution in [3.8, 4) is 5.88 Å². The van der Waals surface area contributed by atoms with Crippen LogP contribution in [-0.2, 0) is 4.74 Å². The van der Waals surface area contributed by atoms with Crippen LogP contribution in [0.4, 0.5) is 5.13 Å². The van der Waals surface area contributed by atoms with Crippen LogP contribution in [0.25, 0.3) is 0 Å². The minimum Gasteiger partial charge on any atom is -0.475 e. The number of hydrogen-bond acceptors (Lipinski definition) is 7. The minimum atomic E-state index is -0.317. The maximum Gasteiger partial charge on any atom is 0.262 e. The number of ether oxygens (including phenoxy) is 2. The van der Waals surface area contributed by atoms with E-state index in [1.807, 2.05) is 0 Å². The van der Waals surface area contributed by atoms with Gasteiger partial charge in [0.25, 0.3) is 5.91 Å². The van der Waals surface area contributed by atoms with Crippen molar-refractivity contribution in [3.05, 3.63) is 28.9 Å². The molecule has 0 saturated heterocycles. The standard InChI is InChI=1S/C16H22N4O3S/c1-4-11(5-2)15-19-20-16(24-15)18-13(21)12-7-6-8-17-14(12)23-10-9-22-3/h6-8,11H,4-5,9-10H2,1-3H3,(H,18,20,21). The zero-order valence-corrected chi connectivity index (χ0v) is 14.9. The molecule has 0 aliphatic carbocycles. The molecule has 7 nitrogen and oxygen atoms in total. The molecule has 2 aromatic rings. The van der Waals surface area contributed by atoms with Crippen molar-refractivity contribution in [2.75, 3.05) is 25.6 Å². The van der Waals surface area contributed by atoms with Crippen LogP contribution in [0.15, 0.2) is 18.3 Å². The summed E-state index contributed by atoms with van der Waals surface area (Å²) in [6.07, 6.45) is 3.58. The molecule has 0 fully saturated rings. The number of pyridine rings is 1. The molecule has 0 aliphatic rings. The molecule has 0 unspecified atom stereocenters. The summed E-state index contributed by atoms with van der Waals surface area (Å²) in [5.41, 5.74) is 0.355. The average molecular weight is 350 g/mol. The third kappa shape index (κ3) is 4.72. The number of nitrogens with zero attached hydrogens (tertiary/aromatic N) is 3. The molecular formula is C16H22N4O3S. The highest BCUT2D eigenvalue weighted by Gasteiger charge is 2.18. The molecule has 2 rings (SSSR count). The van der Waals surface area contributed by atoms with E-state index in [2.05, 4.69) is 34.3 Å². The number of nitrogens with one attached hydrogen (secondary N) is 1. The van der Waals surface area contributed by atoms with Crippen LogP contribution < -0.4 is 10.1 Å². The van der Waals surface area contributed by atoms with Gasteiger partial charge >= 0.3 is 0 Å². The zero-order chi connectivity index (χ0) is 17.4. The number of aromatic nitrogens is 3. The van der Waals surface area contributed by atoms with Gasteiger partial charge in [-0.2, -0.15) is 0 Å². The highest BCUT2D eigenvalue weighted by Crippen LogP contribution is 2.28. The fourth-order valence-electron chi connectivity index (χ4n) is 2.15. The second-order valence-corrected chi connectivity index (χ2v) is 6.12. The summed E-state index contributed by atoms with van der Waals surface area (Å²) in [6.45, 7) is 4.98. The second-order valence-electron chi connectivity index (χ2n) is 5.11. The van der Waals surface area contributed by atoms with Crippen LogP contribution in [0.1, 0.15) is 48.0 Å². The van der Waals surface area contributed by atoms with Crippen molar-refractivity contribution < 1.29 is 14.3 Å². The van der Waals surface area contributed by atoms with Crippen LogP contribution in [0, 0.1) is 0 Å². The number of rotatable bonds is 9. The molecule has 0 aliphatic heterocycles. The van der Waals surface area contributed by atoms with Crippen LogP contribution in [0.5, 0.6) is 5.88 Å².